The zero-order valence-corrected chi connectivity index (χ0v) is 12.8. The van der Waals surface area contributed by atoms with E-state index < -0.39 is 0 Å². The maximum Gasteiger partial charge on any atom is 0.194 e. The Morgan fingerprint density at radius 3 is 3.00 bits per heavy atom. The van der Waals surface area contributed by atoms with Gasteiger partial charge in [-0.2, -0.15) is 0 Å². The fourth-order valence-corrected chi connectivity index (χ4v) is 2.91. The number of unbranched alkanes of at least 4 members (excludes halogenated alkanes) is 1. The van der Waals surface area contributed by atoms with Gasteiger partial charge in [-0.25, -0.2) is 4.98 Å². The van der Waals surface area contributed by atoms with Gasteiger partial charge in [0.05, 0.1) is 18.0 Å². The molecule has 0 saturated carbocycles. The van der Waals surface area contributed by atoms with Crippen molar-refractivity contribution in [2.24, 2.45) is 0 Å². The summed E-state index contributed by atoms with van der Waals surface area (Å²) in [4.78, 5) is 6.97. The fraction of sp³-hybridized carbons (Fsp3) is 0.643. The second-order valence-electron chi connectivity index (χ2n) is 4.78. The number of hydrogen-bond acceptors (Lipinski definition) is 4. The normalized spacial score (nSPS) is 11.5. The molecule has 0 atom stereocenters. The number of nitrogens with one attached hydrogen (secondary N) is 1. The second-order valence-corrected chi connectivity index (χ2v) is 5.99. The van der Waals surface area contributed by atoms with E-state index in [9.17, 15) is 0 Å². The molecule has 0 saturated heterocycles. The Morgan fingerprint density at radius 1 is 1.37 bits per heavy atom. The molecule has 0 spiro atoms. The molecule has 0 aliphatic heterocycles. The van der Waals surface area contributed by atoms with E-state index in [2.05, 4.69) is 41.7 Å². The standard InChI is InChI=1S/C14H23N3OS/c1-4-5-7-18-8-6-15-9-13-12(3)16-14-17(13)10-11(2)19-14/h10,15H,4-9H2,1-3H3. The molecule has 0 aliphatic carbocycles. The third kappa shape index (κ3) is 3.78. The van der Waals surface area contributed by atoms with Crippen LogP contribution in [0, 0.1) is 13.8 Å². The summed E-state index contributed by atoms with van der Waals surface area (Å²) in [5.41, 5.74) is 2.37. The van der Waals surface area contributed by atoms with Crippen molar-refractivity contribution in [3.05, 3.63) is 22.5 Å². The minimum absolute atomic E-state index is 0.781. The van der Waals surface area contributed by atoms with Crippen LogP contribution in [0.2, 0.25) is 0 Å². The Hall–Kier alpha value is -0.910. The molecule has 5 heteroatoms. The molecule has 1 N–H and O–H groups in total. The lowest BCUT2D eigenvalue weighted by Crippen LogP contribution is -2.20. The van der Waals surface area contributed by atoms with Crippen LogP contribution in [-0.2, 0) is 11.3 Å². The first-order valence-corrected chi connectivity index (χ1v) is 7.76. The van der Waals surface area contributed by atoms with Gasteiger partial charge in [0.25, 0.3) is 0 Å². The number of aromatic nitrogens is 2. The van der Waals surface area contributed by atoms with E-state index in [-0.39, 0.29) is 0 Å². The number of ether oxygens (including phenoxy) is 1. The predicted octanol–water partition coefficient (Wildman–Crippen LogP) is 2.92. The number of hydrogen-bond donors (Lipinski definition) is 1. The van der Waals surface area contributed by atoms with Crippen molar-refractivity contribution < 1.29 is 4.74 Å². The van der Waals surface area contributed by atoms with E-state index in [1.807, 2.05) is 0 Å². The van der Waals surface area contributed by atoms with Gasteiger partial charge in [-0.15, -0.1) is 11.3 Å². The van der Waals surface area contributed by atoms with Crippen LogP contribution in [0.1, 0.15) is 36.0 Å². The number of thiazole rings is 1. The van der Waals surface area contributed by atoms with Crippen LogP contribution in [0.4, 0.5) is 0 Å². The molecule has 0 fully saturated rings. The smallest absolute Gasteiger partial charge is 0.194 e. The molecule has 0 amide bonds. The Bertz CT molecular complexity index is 518. The first-order valence-electron chi connectivity index (χ1n) is 6.94. The highest BCUT2D eigenvalue weighted by Crippen LogP contribution is 2.20. The van der Waals surface area contributed by atoms with Crippen LogP contribution < -0.4 is 5.32 Å². The highest BCUT2D eigenvalue weighted by molar-refractivity contribution is 7.17. The Labute approximate surface area is 118 Å². The van der Waals surface area contributed by atoms with Gasteiger partial charge in [0.15, 0.2) is 4.96 Å². The quantitative estimate of drug-likeness (QED) is 0.756. The van der Waals surface area contributed by atoms with Crippen molar-refractivity contribution in [2.75, 3.05) is 19.8 Å². The van der Waals surface area contributed by atoms with Crippen molar-refractivity contribution in [3.8, 4) is 0 Å². The van der Waals surface area contributed by atoms with Gasteiger partial charge in [0, 0.05) is 30.8 Å². The lowest BCUT2D eigenvalue weighted by Gasteiger charge is -2.06. The summed E-state index contributed by atoms with van der Waals surface area (Å²) in [5, 5.41) is 3.43. The van der Waals surface area contributed by atoms with Crippen molar-refractivity contribution in [1.82, 2.24) is 14.7 Å². The van der Waals surface area contributed by atoms with Crippen LogP contribution in [0.5, 0.6) is 0 Å². The summed E-state index contributed by atoms with van der Waals surface area (Å²) in [6.45, 7) is 9.76. The third-order valence-electron chi connectivity index (χ3n) is 3.10. The lowest BCUT2D eigenvalue weighted by atomic mass is 10.3. The highest BCUT2D eigenvalue weighted by Gasteiger charge is 2.10. The van der Waals surface area contributed by atoms with Gasteiger partial charge >= 0.3 is 0 Å². The molecule has 2 rings (SSSR count). The average molecular weight is 281 g/mol. The topological polar surface area (TPSA) is 38.6 Å². The van der Waals surface area contributed by atoms with E-state index >= 15 is 0 Å². The minimum Gasteiger partial charge on any atom is -0.380 e. The molecule has 106 valence electrons. The second kappa shape index (κ2) is 7.03. The van der Waals surface area contributed by atoms with Crippen molar-refractivity contribution >= 4 is 16.3 Å². The summed E-state index contributed by atoms with van der Waals surface area (Å²) in [7, 11) is 0. The van der Waals surface area contributed by atoms with Crippen LogP contribution in [0.25, 0.3) is 4.96 Å². The van der Waals surface area contributed by atoms with Crippen molar-refractivity contribution in [1.29, 1.82) is 0 Å². The summed E-state index contributed by atoms with van der Waals surface area (Å²) in [5.74, 6) is 0. The minimum atomic E-state index is 0.781. The fourth-order valence-electron chi connectivity index (χ4n) is 2.02. The molecule has 0 radical (unpaired) electrons. The molecule has 0 bridgehead atoms. The third-order valence-corrected chi connectivity index (χ3v) is 4.00. The molecule has 2 heterocycles. The number of fused-ring (bicyclic) bond motifs is 1. The Kier molecular flexibility index (Phi) is 5.36. The maximum atomic E-state index is 5.53. The number of aryl methyl sites for hydroxylation is 2. The molecule has 4 nitrogen and oxygen atoms in total. The van der Waals surface area contributed by atoms with Crippen LogP contribution in [0.3, 0.4) is 0 Å². The summed E-state index contributed by atoms with van der Waals surface area (Å²) in [6, 6.07) is 0. The molecule has 19 heavy (non-hydrogen) atoms. The van der Waals surface area contributed by atoms with E-state index in [0.717, 1.165) is 43.4 Å². The van der Waals surface area contributed by atoms with Gasteiger partial charge in [-0.3, -0.25) is 4.40 Å². The summed E-state index contributed by atoms with van der Waals surface area (Å²) < 4.78 is 7.73. The van der Waals surface area contributed by atoms with Crippen molar-refractivity contribution in [3.63, 3.8) is 0 Å². The molecular weight excluding hydrogens is 258 g/mol. The molecule has 2 aromatic heterocycles. The zero-order chi connectivity index (χ0) is 13.7. The van der Waals surface area contributed by atoms with Crippen LogP contribution >= 0.6 is 11.3 Å². The Balaban J connectivity index is 1.79. The number of rotatable bonds is 8. The lowest BCUT2D eigenvalue weighted by molar-refractivity contribution is 0.133. The largest absolute Gasteiger partial charge is 0.380 e. The van der Waals surface area contributed by atoms with E-state index in [1.54, 1.807) is 11.3 Å². The van der Waals surface area contributed by atoms with Gasteiger partial charge in [-0.05, 0) is 20.3 Å². The van der Waals surface area contributed by atoms with Gasteiger partial charge in [0.1, 0.15) is 0 Å². The van der Waals surface area contributed by atoms with Gasteiger partial charge < -0.3 is 10.1 Å². The predicted molar refractivity (Wildman–Crippen MR) is 80.0 cm³/mol. The SMILES string of the molecule is CCCCOCCNCc1c(C)nc2sc(C)cn12. The van der Waals surface area contributed by atoms with E-state index in [4.69, 9.17) is 4.74 Å². The molecule has 0 aliphatic rings. The summed E-state index contributed by atoms with van der Waals surface area (Å²) >= 11 is 1.74. The van der Waals surface area contributed by atoms with E-state index in [1.165, 1.54) is 17.0 Å². The monoisotopic (exact) mass is 281 g/mol. The van der Waals surface area contributed by atoms with Crippen molar-refractivity contribution in [2.45, 2.75) is 40.2 Å². The molecule has 2 aromatic rings. The first kappa shape index (κ1) is 14.5. The number of imidazole rings is 1. The Morgan fingerprint density at radius 2 is 2.21 bits per heavy atom. The average Bonchev–Trinajstić information content (AvgIpc) is 2.85. The molecule has 0 unspecified atom stereocenters. The first-order chi connectivity index (χ1) is 9.22. The van der Waals surface area contributed by atoms with Gasteiger partial charge in [0.2, 0.25) is 0 Å². The summed E-state index contributed by atoms with van der Waals surface area (Å²) in [6.07, 6.45) is 4.50. The highest BCUT2D eigenvalue weighted by atomic mass is 32.1. The molecule has 0 aromatic carbocycles. The van der Waals surface area contributed by atoms with Crippen LogP contribution in [0.15, 0.2) is 6.20 Å². The van der Waals surface area contributed by atoms with Gasteiger partial charge in [-0.1, -0.05) is 13.3 Å². The molecular formula is C14H23N3OS. The number of nitrogens with zero attached hydrogens (tertiary/aromatic N) is 2. The maximum absolute atomic E-state index is 5.53. The van der Waals surface area contributed by atoms with Crippen LogP contribution in [-0.4, -0.2) is 29.1 Å². The van der Waals surface area contributed by atoms with E-state index in [0.29, 0.717) is 0 Å². The zero-order valence-electron chi connectivity index (χ0n) is 12.0.